The highest BCUT2D eigenvalue weighted by molar-refractivity contribution is 5.71. The van der Waals surface area contributed by atoms with Gasteiger partial charge in [0.1, 0.15) is 0 Å². The van der Waals surface area contributed by atoms with E-state index < -0.39 is 12.1 Å². The summed E-state index contributed by atoms with van der Waals surface area (Å²) in [7, 11) is 0. The normalized spacial score (nSPS) is 12.8. The van der Waals surface area contributed by atoms with Gasteiger partial charge < -0.3 is 14.8 Å². The first kappa shape index (κ1) is 9.80. The molecule has 0 saturated carbocycles. The van der Waals surface area contributed by atoms with Crippen LogP contribution in [0.15, 0.2) is 12.1 Å². The minimum atomic E-state index is -1.33. The first-order valence-corrected chi connectivity index (χ1v) is 4.06. The second kappa shape index (κ2) is 3.62. The molecule has 72 valence electrons. The zero-order chi connectivity index (χ0) is 10.0. The summed E-state index contributed by atoms with van der Waals surface area (Å²) in [5.41, 5.74) is 1.91. The molecule has 1 aromatic rings. The molecule has 1 rings (SSSR count). The molecule has 2 N–H and O–H groups in total. The molecule has 0 bridgehead atoms. The maximum Gasteiger partial charge on any atom is 0.334 e. The molecule has 0 radical (unpaired) electrons. The molecule has 13 heavy (non-hydrogen) atoms. The maximum absolute atomic E-state index is 10.4. The molecule has 0 saturated heterocycles. The van der Waals surface area contributed by atoms with E-state index in [4.69, 9.17) is 10.2 Å². The van der Waals surface area contributed by atoms with Crippen LogP contribution < -0.4 is 0 Å². The van der Waals surface area contributed by atoms with Crippen molar-refractivity contribution in [1.29, 1.82) is 0 Å². The highest BCUT2D eigenvalue weighted by Gasteiger charge is 2.14. The number of hydrogen-bond acceptors (Lipinski definition) is 2. The Kier molecular flexibility index (Phi) is 2.72. The molecule has 4 heteroatoms. The summed E-state index contributed by atoms with van der Waals surface area (Å²) in [5.74, 6) is -1.19. The molecule has 0 spiro atoms. The van der Waals surface area contributed by atoms with E-state index in [2.05, 4.69) is 0 Å². The van der Waals surface area contributed by atoms with Gasteiger partial charge >= 0.3 is 5.97 Å². The first-order valence-electron chi connectivity index (χ1n) is 4.06. The second-order valence-corrected chi connectivity index (χ2v) is 3.08. The van der Waals surface area contributed by atoms with Gasteiger partial charge in [-0.25, -0.2) is 4.79 Å². The Labute approximate surface area is 76.4 Å². The van der Waals surface area contributed by atoms with Crippen LogP contribution in [0, 0.1) is 13.8 Å². The Morgan fingerprint density at radius 2 is 1.92 bits per heavy atom. The van der Waals surface area contributed by atoms with Crippen molar-refractivity contribution in [2.75, 3.05) is 0 Å². The van der Waals surface area contributed by atoms with E-state index in [1.807, 2.05) is 26.0 Å². The molecule has 0 aromatic carbocycles. The Morgan fingerprint density at radius 3 is 2.31 bits per heavy atom. The summed E-state index contributed by atoms with van der Waals surface area (Å²) in [4.78, 5) is 10.4. The van der Waals surface area contributed by atoms with Gasteiger partial charge in [0.15, 0.2) is 6.10 Å². The fourth-order valence-electron chi connectivity index (χ4n) is 1.24. The van der Waals surface area contributed by atoms with Gasteiger partial charge in [0, 0.05) is 11.4 Å². The number of hydrogen-bond donors (Lipinski definition) is 2. The fourth-order valence-corrected chi connectivity index (χ4v) is 1.24. The van der Waals surface area contributed by atoms with Gasteiger partial charge in [0.2, 0.25) is 0 Å². The molecule has 0 aliphatic rings. The predicted molar refractivity (Wildman–Crippen MR) is 47.5 cm³/mol. The van der Waals surface area contributed by atoms with Crippen LogP contribution in [0.5, 0.6) is 0 Å². The van der Waals surface area contributed by atoms with E-state index in [0.29, 0.717) is 0 Å². The third-order valence-electron chi connectivity index (χ3n) is 2.06. The van der Waals surface area contributed by atoms with Crippen molar-refractivity contribution >= 4 is 5.97 Å². The number of carboxylic acids is 1. The summed E-state index contributed by atoms with van der Waals surface area (Å²) in [5, 5.41) is 17.6. The van der Waals surface area contributed by atoms with Crippen molar-refractivity contribution < 1.29 is 15.0 Å². The average molecular weight is 183 g/mol. The Hall–Kier alpha value is -1.29. The molecule has 1 heterocycles. The third kappa shape index (κ3) is 2.09. The molecular formula is C9H13NO3. The van der Waals surface area contributed by atoms with Crippen LogP contribution in [-0.4, -0.2) is 26.9 Å². The minimum absolute atomic E-state index is 0.111. The van der Waals surface area contributed by atoms with Crippen molar-refractivity contribution in [3.05, 3.63) is 23.5 Å². The van der Waals surface area contributed by atoms with Crippen LogP contribution in [0.1, 0.15) is 11.4 Å². The monoisotopic (exact) mass is 183 g/mol. The number of aliphatic carboxylic acids is 1. The zero-order valence-corrected chi connectivity index (χ0v) is 7.69. The first-order chi connectivity index (χ1) is 6.02. The van der Waals surface area contributed by atoms with Crippen molar-refractivity contribution in [2.24, 2.45) is 0 Å². The molecule has 0 amide bonds. The topological polar surface area (TPSA) is 62.5 Å². The predicted octanol–water partition coefficient (Wildman–Crippen LogP) is 0.550. The summed E-state index contributed by atoms with van der Waals surface area (Å²) in [6.45, 7) is 3.86. The largest absolute Gasteiger partial charge is 0.479 e. The van der Waals surface area contributed by atoms with E-state index in [1.54, 1.807) is 4.57 Å². The smallest absolute Gasteiger partial charge is 0.334 e. The lowest BCUT2D eigenvalue weighted by atomic mass is 10.3. The molecule has 0 fully saturated rings. The van der Waals surface area contributed by atoms with E-state index >= 15 is 0 Å². The number of aryl methyl sites for hydroxylation is 2. The SMILES string of the molecule is Cc1ccc(C)n1CC(O)C(=O)O. The highest BCUT2D eigenvalue weighted by Crippen LogP contribution is 2.07. The molecule has 0 aliphatic carbocycles. The highest BCUT2D eigenvalue weighted by atomic mass is 16.4. The number of aliphatic hydroxyl groups excluding tert-OH is 1. The zero-order valence-electron chi connectivity index (χ0n) is 7.69. The van der Waals surface area contributed by atoms with E-state index in [0.717, 1.165) is 11.4 Å². The van der Waals surface area contributed by atoms with Crippen LogP contribution in [0.3, 0.4) is 0 Å². The van der Waals surface area contributed by atoms with E-state index in [-0.39, 0.29) is 6.54 Å². The van der Waals surface area contributed by atoms with E-state index in [1.165, 1.54) is 0 Å². The van der Waals surface area contributed by atoms with Gasteiger partial charge in [0.05, 0.1) is 6.54 Å². The van der Waals surface area contributed by atoms with Crippen LogP contribution >= 0.6 is 0 Å². The average Bonchev–Trinajstić information content (AvgIpc) is 2.35. The Balaban J connectivity index is 2.79. The fraction of sp³-hybridized carbons (Fsp3) is 0.444. The second-order valence-electron chi connectivity index (χ2n) is 3.08. The summed E-state index contributed by atoms with van der Waals surface area (Å²) in [6.07, 6.45) is -1.33. The van der Waals surface area contributed by atoms with Crippen LogP contribution in [-0.2, 0) is 11.3 Å². The molecular weight excluding hydrogens is 170 g/mol. The molecule has 1 aromatic heterocycles. The minimum Gasteiger partial charge on any atom is -0.479 e. The summed E-state index contributed by atoms with van der Waals surface area (Å²) >= 11 is 0. The quantitative estimate of drug-likeness (QED) is 0.719. The lowest BCUT2D eigenvalue weighted by molar-refractivity contribution is -0.147. The Bertz CT molecular complexity index is 297. The van der Waals surface area contributed by atoms with Gasteiger partial charge in [-0.15, -0.1) is 0 Å². The number of nitrogens with zero attached hydrogens (tertiary/aromatic N) is 1. The lowest BCUT2D eigenvalue weighted by Crippen LogP contribution is -2.26. The third-order valence-corrected chi connectivity index (χ3v) is 2.06. The molecule has 1 atom stereocenters. The number of aromatic nitrogens is 1. The number of carbonyl (C=O) groups is 1. The standard InChI is InChI=1S/C9H13NO3/c1-6-3-4-7(2)10(6)5-8(11)9(12)13/h3-4,8,11H,5H2,1-2H3,(H,12,13). The van der Waals surface area contributed by atoms with Gasteiger partial charge in [-0.3, -0.25) is 0 Å². The van der Waals surface area contributed by atoms with Crippen LogP contribution in [0.2, 0.25) is 0 Å². The van der Waals surface area contributed by atoms with Crippen LogP contribution in [0.4, 0.5) is 0 Å². The summed E-state index contributed by atoms with van der Waals surface area (Å²) < 4.78 is 1.78. The summed E-state index contributed by atoms with van der Waals surface area (Å²) in [6, 6.07) is 3.79. The van der Waals surface area contributed by atoms with Gasteiger partial charge in [-0.1, -0.05) is 0 Å². The molecule has 0 aliphatic heterocycles. The molecule has 4 nitrogen and oxygen atoms in total. The van der Waals surface area contributed by atoms with Gasteiger partial charge in [0.25, 0.3) is 0 Å². The van der Waals surface area contributed by atoms with Crippen molar-refractivity contribution in [2.45, 2.75) is 26.5 Å². The van der Waals surface area contributed by atoms with Gasteiger partial charge in [-0.05, 0) is 26.0 Å². The Morgan fingerprint density at radius 1 is 1.46 bits per heavy atom. The lowest BCUT2D eigenvalue weighted by Gasteiger charge is -2.11. The van der Waals surface area contributed by atoms with E-state index in [9.17, 15) is 4.79 Å². The van der Waals surface area contributed by atoms with Crippen molar-refractivity contribution in [3.63, 3.8) is 0 Å². The number of carboxylic acid groups (broad SMARTS) is 1. The molecule has 1 unspecified atom stereocenters. The van der Waals surface area contributed by atoms with Crippen LogP contribution in [0.25, 0.3) is 0 Å². The number of rotatable bonds is 3. The van der Waals surface area contributed by atoms with Gasteiger partial charge in [-0.2, -0.15) is 0 Å². The number of aliphatic hydroxyl groups is 1. The van der Waals surface area contributed by atoms with Crippen molar-refractivity contribution in [3.8, 4) is 0 Å². The maximum atomic E-state index is 10.4. The van der Waals surface area contributed by atoms with Crippen molar-refractivity contribution in [1.82, 2.24) is 4.57 Å².